The maximum Gasteiger partial charge on any atom is 0.410 e. The van der Waals surface area contributed by atoms with Crippen LogP contribution in [0, 0.1) is 0 Å². The molecule has 3 heterocycles. The number of piperidine rings is 1. The SMILES string of the molecule is CN1CCn2c(ccc2S(C)(=O)=O)C12CCN(C(=O)OCc1ccccc1)CC2. The fourth-order valence-electron chi connectivity index (χ4n) is 4.58. The fraction of sp³-hybridized carbons (Fsp3) is 0.476. The molecule has 8 heteroatoms. The highest BCUT2D eigenvalue weighted by Crippen LogP contribution is 2.42. The summed E-state index contributed by atoms with van der Waals surface area (Å²) in [6.45, 7) is 2.87. The maximum absolute atomic E-state index is 12.5. The van der Waals surface area contributed by atoms with Gasteiger partial charge in [0.1, 0.15) is 11.6 Å². The Hall–Kier alpha value is -2.32. The highest BCUT2D eigenvalue weighted by molar-refractivity contribution is 7.90. The number of hydrogen-bond acceptors (Lipinski definition) is 5. The van der Waals surface area contributed by atoms with Gasteiger partial charge in [0.25, 0.3) is 0 Å². The van der Waals surface area contributed by atoms with E-state index in [9.17, 15) is 13.2 Å². The van der Waals surface area contributed by atoms with Gasteiger partial charge in [-0.2, -0.15) is 0 Å². The van der Waals surface area contributed by atoms with Gasteiger partial charge in [0.2, 0.25) is 0 Å². The second kappa shape index (κ2) is 7.50. The van der Waals surface area contributed by atoms with E-state index in [0.29, 0.717) is 24.7 Å². The van der Waals surface area contributed by atoms with Crippen molar-refractivity contribution in [3.8, 4) is 0 Å². The van der Waals surface area contributed by atoms with Crippen LogP contribution in [-0.2, 0) is 33.3 Å². The molecule has 1 aromatic carbocycles. The van der Waals surface area contributed by atoms with Crippen molar-refractivity contribution in [3.63, 3.8) is 0 Å². The Bertz CT molecular complexity index is 992. The summed E-state index contributed by atoms with van der Waals surface area (Å²) < 4.78 is 31.7. The average molecular weight is 418 g/mol. The number of fused-ring (bicyclic) bond motifs is 2. The Morgan fingerprint density at radius 3 is 2.38 bits per heavy atom. The van der Waals surface area contributed by atoms with Crippen molar-refractivity contribution < 1.29 is 17.9 Å². The highest BCUT2D eigenvalue weighted by Gasteiger charge is 2.45. The molecule has 0 saturated carbocycles. The van der Waals surface area contributed by atoms with Crippen molar-refractivity contribution >= 4 is 15.9 Å². The van der Waals surface area contributed by atoms with Crippen molar-refractivity contribution in [3.05, 3.63) is 53.7 Å². The third kappa shape index (κ3) is 3.67. The molecule has 1 amide bonds. The number of carbonyl (C=O) groups excluding carboxylic acids is 1. The standard InChI is InChI=1S/C21H27N3O4S/c1-22-14-15-24-18(8-9-19(24)29(2,26)27)21(22)10-12-23(13-11-21)20(25)28-16-17-6-4-3-5-7-17/h3-9H,10-16H2,1-2H3. The molecule has 1 fully saturated rings. The number of nitrogens with zero attached hydrogens (tertiary/aromatic N) is 3. The summed E-state index contributed by atoms with van der Waals surface area (Å²) in [5.74, 6) is 0. The summed E-state index contributed by atoms with van der Waals surface area (Å²) in [6.07, 6.45) is 2.45. The van der Waals surface area contributed by atoms with Crippen LogP contribution in [0.3, 0.4) is 0 Å². The number of benzene rings is 1. The van der Waals surface area contributed by atoms with E-state index in [4.69, 9.17) is 4.74 Å². The predicted molar refractivity (Wildman–Crippen MR) is 109 cm³/mol. The molecule has 0 N–H and O–H groups in total. The number of ether oxygens (including phenoxy) is 1. The van der Waals surface area contributed by atoms with Crippen molar-refractivity contribution in [1.29, 1.82) is 0 Å². The van der Waals surface area contributed by atoms with Crippen LogP contribution >= 0.6 is 0 Å². The van der Waals surface area contributed by atoms with E-state index in [1.165, 1.54) is 6.26 Å². The number of rotatable bonds is 3. The summed E-state index contributed by atoms with van der Waals surface area (Å²) >= 11 is 0. The van der Waals surface area contributed by atoms with E-state index in [2.05, 4.69) is 11.9 Å². The van der Waals surface area contributed by atoms with E-state index in [1.807, 2.05) is 41.0 Å². The number of likely N-dealkylation sites (N-methyl/N-ethyl adjacent to an activating group) is 1. The monoisotopic (exact) mass is 417 g/mol. The molecular formula is C21H27N3O4S. The number of hydrogen-bond donors (Lipinski definition) is 0. The quantitative estimate of drug-likeness (QED) is 0.767. The molecule has 1 aromatic heterocycles. The summed E-state index contributed by atoms with van der Waals surface area (Å²) in [6, 6.07) is 13.3. The number of carbonyl (C=O) groups is 1. The molecule has 1 saturated heterocycles. The zero-order chi connectivity index (χ0) is 20.6. The molecule has 0 radical (unpaired) electrons. The van der Waals surface area contributed by atoms with Crippen LogP contribution in [-0.4, -0.2) is 61.8 Å². The number of sulfone groups is 1. The van der Waals surface area contributed by atoms with Gasteiger partial charge in [0.15, 0.2) is 9.84 Å². The molecule has 0 aliphatic carbocycles. The summed E-state index contributed by atoms with van der Waals surface area (Å²) in [4.78, 5) is 16.6. The van der Waals surface area contributed by atoms with E-state index < -0.39 is 9.84 Å². The smallest absolute Gasteiger partial charge is 0.410 e. The lowest BCUT2D eigenvalue weighted by Gasteiger charge is -2.50. The van der Waals surface area contributed by atoms with Crippen molar-refractivity contribution in [2.24, 2.45) is 0 Å². The minimum Gasteiger partial charge on any atom is -0.445 e. The Labute approximate surface area is 171 Å². The largest absolute Gasteiger partial charge is 0.445 e. The molecule has 0 atom stereocenters. The third-order valence-corrected chi connectivity index (χ3v) is 7.36. The lowest BCUT2D eigenvalue weighted by molar-refractivity contribution is 0.00703. The van der Waals surface area contributed by atoms with Gasteiger partial charge in [-0.05, 0) is 37.6 Å². The minimum absolute atomic E-state index is 0.253. The molecular weight excluding hydrogens is 390 g/mol. The van der Waals surface area contributed by atoms with Crippen LogP contribution in [0.25, 0.3) is 0 Å². The lowest BCUT2D eigenvalue weighted by Crippen LogP contribution is -2.56. The second-order valence-corrected chi connectivity index (χ2v) is 9.92. The van der Waals surface area contributed by atoms with E-state index in [0.717, 1.165) is 30.6 Å². The van der Waals surface area contributed by atoms with Gasteiger partial charge in [-0.15, -0.1) is 0 Å². The van der Waals surface area contributed by atoms with Gasteiger partial charge in [-0.25, -0.2) is 13.2 Å². The molecule has 4 rings (SSSR count). The molecule has 0 unspecified atom stereocenters. The van der Waals surface area contributed by atoms with Gasteiger partial charge in [-0.1, -0.05) is 30.3 Å². The predicted octanol–water partition coefficient (Wildman–Crippen LogP) is 2.46. The Kier molecular flexibility index (Phi) is 5.16. The van der Waals surface area contributed by atoms with Gasteiger partial charge in [0.05, 0.1) is 5.54 Å². The third-order valence-electron chi connectivity index (χ3n) is 6.24. The van der Waals surface area contributed by atoms with E-state index in [1.54, 1.807) is 11.0 Å². The van der Waals surface area contributed by atoms with Crippen LogP contribution in [0.4, 0.5) is 4.79 Å². The molecule has 29 heavy (non-hydrogen) atoms. The maximum atomic E-state index is 12.5. The Morgan fingerprint density at radius 2 is 1.72 bits per heavy atom. The lowest BCUT2D eigenvalue weighted by atomic mass is 9.81. The first-order valence-electron chi connectivity index (χ1n) is 9.88. The summed E-state index contributed by atoms with van der Waals surface area (Å²) in [5.41, 5.74) is 1.74. The van der Waals surface area contributed by atoms with Gasteiger partial charge in [0, 0.05) is 38.1 Å². The van der Waals surface area contributed by atoms with Gasteiger partial charge < -0.3 is 14.2 Å². The van der Waals surface area contributed by atoms with Crippen molar-refractivity contribution in [2.75, 3.05) is 32.9 Å². The molecule has 1 spiro atoms. The zero-order valence-corrected chi connectivity index (χ0v) is 17.7. The van der Waals surface area contributed by atoms with Crippen LogP contribution in [0.2, 0.25) is 0 Å². The molecule has 0 bridgehead atoms. The van der Waals surface area contributed by atoms with Gasteiger partial charge in [-0.3, -0.25) is 4.90 Å². The summed E-state index contributed by atoms with van der Waals surface area (Å²) in [5, 5.41) is 0.379. The normalized spacial score (nSPS) is 19.2. The Balaban J connectivity index is 1.47. The zero-order valence-electron chi connectivity index (χ0n) is 16.9. The van der Waals surface area contributed by atoms with Crippen molar-refractivity contribution in [1.82, 2.24) is 14.4 Å². The first kappa shape index (κ1) is 20.0. The van der Waals surface area contributed by atoms with Crippen LogP contribution < -0.4 is 0 Å². The molecule has 156 valence electrons. The highest BCUT2D eigenvalue weighted by atomic mass is 32.2. The average Bonchev–Trinajstić information content (AvgIpc) is 3.16. The molecule has 2 aliphatic heterocycles. The van der Waals surface area contributed by atoms with E-state index >= 15 is 0 Å². The molecule has 2 aromatic rings. The first-order valence-corrected chi connectivity index (χ1v) is 11.8. The van der Waals surface area contributed by atoms with Crippen LogP contribution in [0.15, 0.2) is 47.5 Å². The number of amides is 1. The fourth-order valence-corrected chi connectivity index (χ4v) is 5.48. The van der Waals surface area contributed by atoms with Crippen LogP contribution in [0.5, 0.6) is 0 Å². The molecule has 7 nitrogen and oxygen atoms in total. The van der Waals surface area contributed by atoms with E-state index in [-0.39, 0.29) is 18.2 Å². The second-order valence-electron chi connectivity index (χ2n) is 7.96. The minimum atomic E-state index is -3.27. The van der Waals surface area contributed by atoms with Crippen LogP contribution in [0.1, 0.15) is 24.1 Å². The Morgan fingerprint density at radius 1 is 1.03 bits per heavy atom. The number of likely N-dealkylation sites (tertiary alicyclic amines) is 1. The molecule has 2 aliphatic rings. The number of aromatic nitrogens is 1. The van der Waals surface area contributed by atoms with Crippen molar-refractivity contribution in [2.45, 2.75) is 36.6 Å². The summed E-state index contributed by atoms with van der Waals surface area (Å²) in [7, 11) is -1.19. The van der Waals surface area contributed by atoms with Gasteiger partial charge >= 0.3 is 6.09 Å². The first-order chi connectivity index (χ1) is 13.8. The topological polar surface area (TPSA) is 71.9 Å².